The number of carbonyl (C=O) groups is 1. The molecule has 0 radical (unpaired) electrons. The highest BCUT2D eigenvalue weighted by atomic mass is 32.2. The van der Waals surface area contributed by atoms with Crippen molar-refractivity contribution < 1.29 is 17.9 Å². The lowest BCUT2D eigenvalue weighted by Crippen LogP contribution is -2.14. The maximum Gasteiger partial charge on any atom is 0.228 e. The number of anilines is 1. The first-order valence-corrected chi connectivity index (χ1v) is 12.4. The van der Waals surface area contributed by atoms with Gasteiger partial charge in [0.25, 0.3) is 0 Å². The van der Waals surface area contributed by atoms with Crippen LogP contribution in [0.2, 0.25) is 0 Å². The van der Waals surface area contributed by atoms with Crippen LogP contribution < -0.4 is 10.1 Å². The van der Waals surface area contributed by atoms with Crippen molar-refractivity contribution in [3.63, 3.8) is 0 Å². The minimum absolute atomic E-state index is 0.150. The molecule has 1 aliphatic carbocycles. The van der Waals surface area contributed by atoms with Gasteiger partial charge in [0.2, 0.25) is 5.91 Å². The Morgan fingerprint density at radius 1 is 1.00 bits per heavy atom. The van der Waals surface area contributed by atoms with Crippen LogP contribution in [0.3, 0.4) is 0 Å². The summed E-state index contributed by atoms with van der Waals surface area (Å²) in [6.07, 6.45) is 2.17. The van der Waals surface area contributed by atoms with Gasteiger partial charge in [0.15, 0.2) is 9.84 Å². The fraction of sp³-hybridized carbons (Fsp3) is 0.269. The first kappa shape index (κ1) is 22.1. The van der Waals surface area contributed by atoms with E-state index in [2.05, 4.69) is 5.32 Å². The van der Waals surface area contributed by atoms with Crippen LogP contribution in [0.1, 0.15) is 24.0 Å². The van der Waals surface area contributed by atoms with Crippen LogP contribution in [0.25, 0.3) is 11.1 Å². The standard InChI is InChI=1S/C26H27NO4S/c1-18-15-21(11-14-23(18)24-5-3-4-6-25(24)31-2)27-26(28)16-19-9-12-22(13-10-19)32(29,30)17-20-7-8-20/h3-6,9-15,20H,7-8,16-17H2,1-2H3,(H,27,28). The van der Waals surface area contributed by atoms with Crippen LogP contribution in [-0.2, 0) is 21.1 Å². The fourth-order valence-electron chi connectivity index (χ4n) is 3.81. The van der Waals surface area contributed by atoms with E-state index in [1.807, 2.05) is 49.4 Å². The molecule has 0 spiro atoms. The van der Waals surface area contributed by atoms with Crippen molar-refractivity contribution in [3.8, 4) is 16.9 Å². The van der Waals surface area contributed by atoms with E-state index in [-0.39, 0.29) is 18.1 Å². The molecule has 0 heterocycles. The molecule has 0 bridgehead atoms. The molecule has 3 aromatic carbocycles. The Bertz CT molecular complexity index is 1230. The Morgan fingerprint density at radius 3 is 2.38 bits per heavy atom. The molecule has 166 valence electrons. The molecular weight excluding hydrogens is 422 g/mol. The Hall–Kier alpha value is -3.12. The first-order valence-electron chi connectivity index (χ1n) is 10.7. The number of carbonyl (C=O) groups excluding carboxylic acids is 1. The zero-order chi connectivity index (χ0) is 22.7. The van der Waals surface area contributed by atoms with E-state index < -0.39 is 9.84 Å². The Morgan fingerprint density at radius 2 is 1.72 bits per heavy atom. The number of ether oxygens (including phenoxy) is 1. The summed E-state index contributed by atoms with van der Waals surface area (Å²) in [4.78, 5) is 12.9. The molecule has 0 saturated heterocycles. The van der Waals surface area contributed by atoms with Crippen molar-refractivity contribution in [2.75, 3.05) is 18.2 Å². The zero-order valence-electron chi connectivity index (χ0n) is 18.3. The fourth-order valence-corrected chi connectivity index (χ4v) is 5.50. The lowest BCUT2D eigenvalue weighted by Gasteiger charge is -2.13. The van der Waals surface area contributed by atoms with Crippen LogP contribution in [0.5, 0.6) is 5.75 Å². The Balaban J connectivity index is 1.41. The van der Waals surface area contributed by atoms with Gasteiger partial charge < -0.3 is 10.1 Å². The summed E-state index contributed by atoms with van der Waals surface area (Å²) in [7, 11) is -1.59. The lowest BCUT2D eigenvalue weighted by molar-refractivity contribution is -0.115. The van der Waals surface area contributed by atoms with Gasteiger partial charge in [0, 0.05) is 11.3 Å². The topological polar surface area (TPSA) is 72.5 Å². The predicted octanol–water partition coefficient (Wildman–Crippen LogP) is 5.04. The van der Waals surface area contributed by atoms with Crippen molar-refractivity contribution in [2.24, 2.45) is 5.92 Å². The predicted molar refractivity (Wildman–Crippen MR) is 127 cm³/mol. The number of rotatable bonds is 8. The number of para-hydroxylation sites is 1. The number of nitrogens with one attached hydrogen (secondary N) is 1. The Kier molecular flexibility index (Phi) is 6.33. The SMILES string of the molecule is COc1ccccc1-c1ccc(NC(=O)Cc2ccc(S(=O)(=O)CC3CC3)cc2)cc1C. The molecule has 3 aromatic rings. The lowest BCUT2D eigenvalue weighted by atomic mass is 9.99. The summed E-state index contributed by atoms with van der Waals surface area (Å²) < 4.78 is 30.2. The third-order valence-electron chi connectivity index (χ3n) is 5.71. The van der Waals surface area contributed by atoms with E-state index in [4.69, 9.17) is 4.74 Å². The molecule has 1 saturated carbocycles. The summed E-state index contributed by atoms with van der Waals surface area (Å²) in [6, 6.07) is 20.3. The minimum atomic E-state index is -3.24. The number of sulfone groups is 1. The Labute approximate surface area is 189 Å². The molecule has 1 aliphatic rings. The molecule has 6 heteroatoms. The average molecular weight is 450 g/mol. The van der Waals surface area contributed by atoms with Crippen LogP contribution in [0.15, 0.2) is 71.6 Å². The quantitative estimate of drug-likeness (QED) is 0.523. The van der Waals surface area contributed by atoms with Gasteiger partial charge in [0.1, 0.15) is 5.75 Å². The second-order valence-electron chi connectivity index (χ2n) is 8.32. The van der Waals surface area contributed by atoms with Crippen LogP contribution in [-0.4, -0.2) is 27.2 Å². The van der Waals surface area contributed by atoms with Crippen LogP contribution >= 0.6 is 0 Å². The van der Waals surface area contributed by atoms with Crippen molar-refractivity contribution in [2.45, 2.75) is 31.1 Å². The third kappa shape index (κ3) is 5.19. The van der Waals surface area contributed by atoms with Gasteiger partial charge in [-0.15, -0.1) is 0 Å². The van der Waals surface area contributed by atoms with Gasteiger partial charge in [-0.2, -0.15) is 0 Å². The monoisotopic (exact) mass is 449 g/mol. The normalized spacial score (nSPS) is 13.6. The maximum absolute atomic E-state index is 12.5. The largest absolute Gasteiger partial charge is 0.496 e. The number of methoxy groups -OCH3 is 1. The summed E-state index contributed by atoms with van der Waals surface area (Å²) in [5.41, 5.74) is 4.56. The zero-order valence-corrected chi connectivity index (χ0v) is 19.1. The molecule has 0 aliphatic heterocycles. The van der Waals surface area contributed by atoms with Gasteiger partial charge in [-0.25, -0.2) is 8.42 Å². The van der Waals surface area contributed by atoms with E-state index in [9.17, 15) is 13.2 Å². The van der Waals surface area contributed by atoms with Crippen molar-refractivity contribution in [1.29, 1.82) is 0 Å². The van der Waals surface area contributed by atoms with Crippen LogP contribution in [0, 0.1) is 12.8 Å². The third-order valence-corrected chi connectivity index (χ3v) is 7.61. The van der Waals surface area contributed by atoms with E-state index in [1.54, 1.807) is 31.4 Å². The number of benzene rings is 3. The molecule has 1 N–H and O–H groups in total. The van der Waals surface area contributed by atoms with E-state index >= 15 is 0 Å². The molecule has 1 amide bonds. The van der Waals surface area contributed by atoms with Gasteiger partial charge in [-0.05, 0) is 72.7 Å². The number of aryl methyl sites for hydroxylation is 1. The number of amides is 1. The summed E-state index contributed by atoms with van der Waals surface area (Å²) in [6.45, 7) is 2.00. The summed E-state index contributed by atoms with van der Waals surface area (Å²) in [5, 5.41) is 2.93. The van der Waals surface area contributed by atoms with Crippen molar-refractivity contribution in [1.82, 2.24) is 0 Å². The molecule has 5 nitrogen and oxygen atoms in total. The van der Waals surface area contributed by atoms with E-state index in [0.717, 1.165) is 46.5 Å². The molecule has 4 rings (SSSR count). The number of hydrogen-bond donors (Lipinski definition) is 1. The van der Waals surface area contributed by atoms with Crippen LogP contribution in [0.4, 0.5) is 5.69 Å². The van der Waals surface area contributed by atoms with Gasteiger partial charge in [-0.3, -0.25) is 4.79 Å². The summed E-state index contributed by atoms with van der Waals surface area (Å²) in [5.74, 6) is 1.18. The molecular formula is C26H27NO4S. The smallest absolute Gasteiger partial charge is 0.228 e. The highest BCUT2D eigenvalue weighted by molar-refractivity contribution is 7.91. The first-order chi connectivity index (χ1) is 15.4. The molecule has 32 heavy (non-hydrogen) atoms. The molecule has 0 unspecified atom stereocenters. The van der Waals surface area contributed by atoms with E-state index in [1.165, 1.54) is 0 Å². The summed E-state index contributed by atoms with van der Waals surface area (Å²) >= 11 is 0. The molecule has 0 atom stereocenters. The second-order valence-corrected chi connectivity index (χ2v) is 10.4. The van der Waals surface area contributed by atoms with Gasteiger partial charge >= 0.3 is 0 Å². The molecule has 1 fully saturated rings. The maximum atomic E-state index is 12.5. The van der Waals surface area contributed by atoms with Crippen molar-refractivity contribution >= 4 is 21.4 Å². The minimum Gasteiger partial charge on any atom is -0.496 e. The van der Waals surface area contributed by atoms with Gasteiger partial charge in [0.05, 0.1) is 24.2 Å². The number of hydrogen-bond acceptors (Lipinski definition) is 4. The van der Waals surface area contributed by atoms with Gasteiger partial charge in [-0.1, -0.05) is 36.4 Å². The van der Waals surface area contributed by atoms with E-state index in [0.29, 0.717) is 10.8 Å². The van der Waals surface area contributed by atoms with Crippen molar-refractivity contribution in [3.05, 3.63) is 77.9 Å². The molecule has 0 aromatic heterocycles. The second kappa shape index (κ2) is 9.17. The highest BCUT2D eigenvalue weighted by Gasteiger charge is 2.28. The average Bonchev–Trinajstić information content (AvgIpc) is 3.57. The highest BCUT2D eigenvalue weighted by Crippen LogP contribution is 2.33.